The van der Waals surface area contributed by atoms with Crippen LogP contribution in [0.15, 0.2) is 58.6 Å². The van der Waals surface area contributed by atoms with Crippen molar-refractivity contribution in [1.82, 2.24) is 29.0 Å². The van der Waals surface area contributed by atoms with E-state index in [9.17, 15) is 4.79 Å². The fourth-order valence-corrected chi connectivity index (χ4v) is 5.41. The summed E-state index contributed by atoms with van der Waals surface area (Å²) in [6.45, 7) is 6.31. The predicted molar refractivity (Wildman–Crippen MR) is 138 cm³/mol. The third kappa shape index (κ3) is 4.97. The molecule has 4 heterocycles. The maximum atomic E-state index is 12.6. The number of rotatable bonds is 7. The monoisotopic (exact) mass is 490 g/mol. The number of ether oxygens (including phenoxy) is 1. The number of fused-ring (bicyclic) bond motifs is 1. The van der Waals surface area contributed by atoms with Gasteiger partial charge in [0, 0.05) is 23.7 Å². The number of likely N-dealkylation sites (tertiary alicyclic amines) is 1. The maximum absolute atomic E-state index is 12.6. The Balaban J connectivity index is 1.47. The number of aryl methyl sites for hydroxylation is 1. The average molecular weight is 491 g/mol. The molecular formula is C26H30N6O2S. The SMILES string of the molecule is COc1ccc(-n2c(SCc3cc(=O)n4cc(C)ccc4n3)nnc2[C@@H](C)N2CCCCC2)cc1. The number of hydrogen-bond donors (Lipinski definition) is 0. The molecule has 3 aromatic heterocycles. The van der Waals surface area contributed by atoms with Crippen LogP contribution in [0.4, 0.5) is 0 Å². The molecule has 5 rings (SSSR count). The molecule has 182 valence electrons. The van der Waals surface area contributed by atoms with Crippen LogP contribution in [-0.4, -0.2) is 49.2 Å². The Hall–Kier alpha value is -3.17. The van der Waals surface area contributed by atoms with Gasteiger partial charge in [-0.15, -0.1) is 10.2 Å². The molecule has 1 atom stereocenters. The summed E-state index contributed by atoms with van der Waals surface area (Å²) in [4.78, 5) is 19.8. The first-order chi connectivity index (χ1) is 17.0. The second-order valence-corrected chi connectivity index (χ2v) is 9.90. The highest BCUT2D eigenvalue weighted by Crippen LogP contribution is 2.31. The molecule has 0 saturated carbocycles. The van der Waals surface area contributed by atoms with Gasteiger partial charge in [0.1, 0.15) is 11.4 Å². The molecule has 0 unspecified atom stereocenters. The minimum absolute atomic E-state index is 0.0784. The van der Waals surface area contributed by atoms with Gasteiger partial charge in [-0.05, 0) is 75.7 Å². The van der Waals surface area contributed by atoms with Crippen molar-refractivity contribution in [3.8, 4) is 11.4 Å². The topological polar surface area (TPSA) is 77.5 Å². The van der Waals surface area contributed by atoms with E-state index in [2.05, 4.69) is 26.6 Å². The van der Waals surface area contributed by atoms with Gasteiger partial charge in [-0.25, -0.2) is 4.98 Å². The van der Waals surface area contributed by atoms with Gasteiger partial charge in [-0.2, -0.15) is 0 Å². The van der Waals surface area contributed by atoms with Crippen molar-refractivity contribution < 1.29 is 4.74 Å². The molecule has 9 heteroatoms. The van der Waals surface area contributed by atoms with E-state index in [1.807, 2.05) is 49.5 Å². The minimum Gasteiger partial charge on any atom is -0.497 e. The molecule has 0 spiro atoms. The van der Waals surface area contributed by atoms with Crippen LogP contribution < -0.4 is 10.3 Å². The van der Waals surface area contributed by atoms with Crippen molar-refractivity contribution in [3.63, 3.8) is 0 Å². The Bertz CT molecular complexity index is 1380. The second kappa shape index (κ2) is 10.2. The Morgan fingerprint density at radius 3 is 2.57 bits per heavy atom. The summed E-state index contributed by atoms with van der Waals surface area (Å²) in [5.41, 5.74) is 3.30. The fourth-order valence-electron chi connectivity index (χ4n) is 4.56. The Labute approximate surface area is 209 Å². The van der Waals surface area contributed by atoms with E-state index >= 15 is 0 Å². The molecule has 1 saturated heterocycles. The molecule has 0 N–H and O–H groups in total. The standard InChI is InChI=1S/C26H30N6O2S/c1-18-7-12-23-27-20(15-24(33)31(23)16-18)17-35-26-29-28-25(19(2)30-13-5-4-6-14-30)32(26)21-8-10-22(34-3)11-9-21/h7-12,15-16,19H,4-6,13-14,17H2,1-3H3/t19-/m1/s1. The fraction of sp³-hybridized carbons (Fsp3) is 0.385. The summed E-state index contributed by atoms with van der Waals surface area (Å²) in [6, 6.07) is 13.6. The van der Waals surface area contributed by atoms with Crippen molar-refractivity contribution in [3.05, 3.63) is 76.1 Å². The molecule has 0 radical (unpaired) electrons. The number of pyridine rings is 1. The first kappa shape index (κ1) is 23.6. The van der Waals surface area contributed by atoms with E-state index in [1.54, 1.807) is 17.6 Å². The van der Waals surface area contributed by atoms with Gasteiger partial charge >= 0.3 is 0 Å². The van der Waals surface area contributed by atoms with Gasteiger partial charge in [0.15, 0.2) is 11.0 Å². The van der Waals surface area contributed by atoms with E-state index < -0.39 is 0 Å². The Morgan fingerprint density at radius 2 is 1.83 bits per heavy atom. The zero-order valence-corrected chi connectivity index (χ0v) is 21.2. The van der Waals surface area contributed by atoms with Crippen LogP contribution in [0.25, 0.3) is 11.3 Å². The summed E-state index contributed by atoms with van der Waals surface area (Å²) >= 11 is 1.54. The van der Waals surface area contributed by atoms with Gasteiger partial charge < -0.3 is 4.74 Å². The lowest BCUT2D eigenvalue weighted by atomic mass is 10.1. The number of nitrogens with zero attached hydrogens (tertiary/aromatic N) is 6. The van der Waals surface area contributed by atoms with Crippen LogP contribution >= 0.6 is 11.8 Å². The van der Waals surface area contributed by atoms with Gasteiger partial charge in [-0.1, -0.05) is 24.2 Å². The minimum atomic E-state index is -0.0784. The number of benzene rings is 1. The van der Waals surface area contributed by atoms with Crippen LogP contribution in [0.5, 0.6) is 5.75 Å². The highest BCUT2D eigenvalue weighted by atomic mass is 32.2. The number of methoxy groups -OCH3 is 1. The molecule has 1 aromatic carbocycles. The summed E-state index contributed by atoms with van der Waals surface area (Å²) in [7, 11) is 1.67. The van der Waals surface area contributed by atoms with Gasteiger partial charge in [-0.3, -0.25) is 18.7 Å². The molecule has 0 amide bonds. The van der Waals surface area contributed by atoms with Crippen molar-refractivity contribution in [2.24, 2.45) is 0 Å². The number of aromatic nitrogens is 5. The van der Waals surface area contributed by atoms with Crippen molar-refractivity contribution in [2.45, 2.75) is 50.1 Å². The van der Waals surface area contributed by atoms with Crippen LogP contribution in [0.3, 0.4) is 0 Å². The van der Waals surface area contributed by atoms with Crippen LogP contribution in [0.1, 0.15) is 49.3 Å². The van der Waals surface area contributed by atoms with Gasteiger partial charge in [0.2, 0.25) is 0 Å². The zero-order valence-electron chi connectivity index (χ0n) is 20.3. The third-order valence-corrected chi connectivity index (χ3v) is 7.47. The normalized spacial score (nSPS) is 15.4. The highest BCUT2D eigenvalue weighted by molar-refractivity contribution is 7.98. The molecule has 35 heavy (non-hydrogen) atoms. The lowest BCUT2D eigenvalue weighted by Gasteiger charge is -2.31. The smallest absolute Gasteiger partial charge is 0.258 e. The predicted octanol–water partition coefficient (Wildman–Crippen LogP) is 4.43. The molecule has 1 aliphatic rings. The summed E-state index contributed by atoms with van der Waals surface area (Å²) < 4.78 is 9.07. The molecule has 4 aromatic rings. The van der Waals surface area contributed by atoms with Gasteiger partial charge in [0.05, 0.1) is 18.8 Å². The third-order valence-electron chi connectivity index (χ3n) is 6.51. The molecule has 0 aliphatic carbocycles. The van der Waals surface area contributed by atoms with Crippen molar-refractivity contribution in [1.29, 1.82) is 0 Å². The van der Waals surface area contributed by atoms with Crippen LogP contribution in [-0.2, 0) is 5.75 Å². The lowest BCUT2D eigenvalue weighted by Crippen LogP contribution is -2.33. The molecule has 1 aliphatic heterocycles. The number of thioether (sulfide) groups is 1. The van der Waals surface area contributed by atoms with E-state index in [4.69, 9.17) is 9.72 Å². The highest BCUT2D eigenvalue weighted by Gasteiger charge is 2.25. The largest absolute Gasteiger partial charge is 0.497 e. The van der Waals surface area contributed by atoms with E-state index in [0.717, 1.165) is 46.8 Å². The van der Waals surface area contributed by atoms with Crippen LogP contribution in [0.2, 0.25) is 0 Å². The molecule has 0 bridgehead atoms. The molecule has 1 fully saturated rings. The van der Waals surface area contributed by atoms with Crippen molar-refractivity contribution >= 4 is 17.4 Å². The number of piperidine rings is 1. The average Bonchev–Trinajstić information content (AvgIpc) is 3.32. The Morgan fingerprint density at radius 1 is 1.06 bits per heavy atom. The van der Waals surface area contributed by atoms with E-state index in [1.165, 1.54) is 31.0 Å². The summed E-state index contributed by atoms with van der Waals surface area (Å²) in [6.07, 6.45) is 5.53. The lowest BCUT2D eigenvalue weighted by molar-refractivity contribution is 0.167. The quantitative estimate of drug-likeness (QED) is 0.355. The summed E-state index contributed by atoms with van der Waals surface area (Å²) in [5, 5.41) is 9.98. The molecule has 8 nitrogen and oxygen atoms in total. The van der Waals surface area contributed by atoms with Crippen molar-refractivity contribution in [2.75, 3.05) is 20.2 Å². The molecular weight excluding hydrogens is 460 g/mol. The first-order valence-corrected chi connectivity index (χ1v) is 13.0. The maximum Gasteiger partial charge on any atom is 0.258 e. The zero-order chi connectivity index (χ0) is 24.4. The Kier molecular flexibility index (Phi) is 6.88. The van der Waals surface area contributed by atoms with E-state index in [0.29, 0.717) is 11.4 Å². The second-order valence-electron chi connectivity index (χ2n) is 8.96. The van der Waals surface area contributed by atoms with E-state index in [-0.39, 0.29) is 11.6 Å². The first-order valence-electron chi connectivity index (χ1n) is 12.0. The summed E-state index contributed by atoms with van der Waals surface area (Å²) in [5.74, 6) is 2.24. The number of hydrogen-bond acceptors (Lipinski definition) is 7. The van der Waals surface area contributed by atoms with Crippen LogP contribution in [0, 0.1) is 6.92 Å². The van der Waals surface area contributed by atoms with Gasteiger partial charge in [0.25, 0.3) is 5.56 Å².